The Bertz CT molecular complexity index is 733. The predicted molar refractivity (Wildman–Crippen MR) is 124 cm³/mol. The van der Waals surface area contributed by atoms with Crippen molar-refractivity contribution in [2.24, 2.45) is 0 Å². The number of anilines is 1. The predicted octanol–water partition coefficient (Wildman–Crippen LogP) is 4.74. The van der Waals surface area contributed by atoms with Gasteiger partial charge in [-0.3, -0.25) is 0 Å². The molecule has 0 aliphatic heterocycles. The monoisotopic (exact) mass is 492 g/mol. The summed E-state index contributed by atoms with van der Waals surface area (Å²) in [4.78, 5) is 6.51. The fraction of sp³-hybridized carbons (Fsp3) is 0.409. The van der Waals surface area contributed by atoms with E-state index in [-0.39, 0.29) is 0 Å². The SMILES string of the molecule is CCCOCCOCCOc1ncc(/C=C/c2ccc(N(C)C)cc2)cc1[123I]. The van der Waals surface area contributed by atoms with Crippen molar-refractivity contribution in [2.75, 3.05) is 52.0 Å². The number of hydrogen-bond acceptors (Lipinski definition) is 5. The molecule has 6 heteroatoms. The second-order valence-electron chi connectivity index (χ2n) is 6.45. The Balaban J connectivity index is 1.78. The van der Waals surface area contributed by atoms with Crippen molar-refractivity contribution in [3.8, 4) is 5.88 Å². The van der Waals surface area contributed by atoms with Gasteiger partial charge in [-0.1, -0.05) is 31.2 Å². The van der Waals surface area contributed by atoms with Crippen molar-refractivity contribution in [3.63, 3.8) is 0 Å². The van der Waals surface area contributed by atoms with Crippen LogP contribution in [0.3, 0.4) is 0 Å². The summed E-state index contributed by atoms with van der Waals surface area (Å²) in [6.07, 6.45) is 6.99. The highest BCUT2D eigenvalue weighted by molar-refractivity contribution is 14.1. The summed E-state index contributed by atoms with van der Waals surface area (Å²) < 4.78 is 17.5. The molecule has 1 heterocycles. The highest BCUT2D eigenvalue weighted by Crippen LogP contribution is 2.20. The second kappa shape index (κ2) is 12.7. The van der Waals surface area contributed by atoms with Crippen molar-refractivity contribution in [3.05, 3.63) is 51.2 Å². The van der Waals surface area contributed by atoms with E-state index in [1.54, 1.807) is 0 Å². The van der Waals surface area contributed by atoms with Gasteiger partial charge in [0, 0.05) is 32.6 Å². The van der Waals surface area contributed by atoms with Crippen molar-refractivity contribution in [1.29, 1.82) is 0 Å². The third-order valence-electron chi connectivity index (χ3n) is 3.89. The van der Waals surface area contributed by atoms with E-state index in [1.807, 2.05) is 20.3 Å². The van der Waals surface area contributed by atoms with Crippen LogP contribution in [0.4, 0.5) is 5.69 Å². The van der Waals surface area contributed by atoms with Gasteiger partial charge in [-0.2, -0.15) is 0 Å². The lowest BCUT2D eigenvalue weighted by Gasteiger charge is -2.11. The standard InChI is InChI=1S/C22H29IN2O3/c1-4-11-26-12-13-27-14-15-28-22-21(23)16-19(17-24-22)6-5-18-7-9-20(10-8-18)25(2)3/h5-10,16-17H,4,11-15H2,1-3H3/b6-5+/i23-4. The van der Waals surface area contributed by atoms with Crippen LogP contribution in [0.5, 0.6) is 5.88 Å². The fourth-order valence-electron chi connectivity index (χ4n) is 2.38. The maximum atomic E-state index is 5.70. The molecule has 0 saturated carbocycles. The summed E-state index contributed by atoms with van der Waals surface area (Å²) in [5.41, 5.74) is 3.38. The van der Waals surface area contributed by atoms with Crippen molar-refractivity contribution < 1.29 is 14.2 Å². The van der Waals surface area contributed by atoms with Crippen LogP contribution in [-0.4, -0.2) is 52.1 Å². The van der Waals surface area contributed by atoms with E-state index >= 15 is 0 Å². The lowest BCUT2D eigenvalue weighted by Crippen LogP contribution is -2.12. The number of ether oxygens (including phenoxy) is 3. The van der Waals surface area contributed by atoms with Crippen LogP contribution in [0.1, 0.15) is 24.5 Å². The van der Waals surface area contributed by atoms with Crippen LogP contribution in [0.15, 0.2) is 36.5 Å². The van der Waals surface area contributed by atoms with E-state index < -0.39 is 0 Å². The fourth-order valence-corrected chi connectivity index (χ4v) is 3.03. The number of nitrogens with zero attached hydrogens (tertiary/aromatic N) is 2. The van der Waals surface area contributed by atoms with E-state index in [1.165, 1.54) is 5.69 Å². The smallest absolute Gasteiger partial charge is 0.227 e. The maximum Gasteiger partial charge on any atom is 0.227 e. The molecule has 0 amide bonds. The molecule has 5 nitrogen and oxygen atoms in total. The molecule has 0 aliphatic carbocycles. The topological polar surface area (TPSA) is 43.8 Å². The highest BCUT2D eigenvalue weighted by atomic mass is 123. The number of halogens is 1. The molecule has 0 unspecified atom stereocenters. The lowest BCUT2D eigenvalue weighted by atomic mass is 10.1. The molecule has 2 aromatic rings. The summed E-state index contributed by atoms with van der Waals surface area (Å²) in [6, 6.07) is 10.5. The van der Waals surface area contributed by atoms with E-state index in [0.29, 0.717) is 32.3 Å². The minimum absolute atomic E-state index is 0.476. The van der Waals surface area contributed by atoms with Gasteiger partial charge in [-0.25, -0.2) is 4.98 Å². The van der Waals surface area contributed by atoms with E-state index in [2.05, 4.69) is 81.9 Å². The molecule has 1 aromatic heterocycles. The van der Waals surface area contributed by atoms with Gasteiger partial charge in [0.1, 0.15) is 6.61 Å². The van der Waals surface area contributed by atoms with E-state index in [0.717, 1.165) is 27.7 Å². The molecule has 0 atom stereocenters. The van der Waals surface area contributed by atoms with Gasteiger partial charge in [0.2, 0.25) is 5.88 Å². The van der Waals surface area contributed by atoms with Crippen LogP contribution in [0.25, 0.3) is 12.2 Å². The molecule has 28 heavy (non-hydrogen) atoms. The largest absolute Gasteiger partial charge is 0.474 e. The van der Waals surface area contributed by atoms with Gasteiger partial charge in [-0.05, 0) is 58.3 Å². The van der Waals surface area contributed by atoms with E-state index in [9.17, 15) is 0 Å². The first-order chi connectivity index (χ1) is 13.6. The minimum atomic E-state index is 0.476. The molecule has 0 saturated heterocycles. The Morgan fingerprint density at radius 2 is 1.57 bits per heavy atom. The van der Waals surface area contributed by atoms with Crippen LogP contribution in [0.2, 0.25) is 0 Å². The summed E-state index contributed by atoms with van der Waals surface area (Å²) in [6.45, 7) is 5.09. The average molecular weight is 492 g/mol. The number of aromatic nitrogens is 1. The first kappa shape index (κ1) is 22.6. The van der Waals surface area contributed by atoms with Crippen LogP contribution in [-0.2, 0) is 9.47 Å². The molecule has 0 aliphatic rings. The van der Waals surface area contributed by atoms with E-state index in [4.69, 9.17) is 14.2 Å². The molecule has 0 radical (unpaired) electrons. The quantitative estimate of drug-likeness (QED) is 0.316. The molecule has 0 N–H and O–H groups in total. The van der Waals surface area contributed by atoms with Gasteiger partial charge in [0.25, 0.3) is 0 Å². The first-order valence-corrected chi connectivity index (χ1v) is 10.6. The molecule has 152 valence electrons. The second-order valence-corrected chi connectivity index (χ2v) is 7.61. The summed E-state index contributed by atoms with van der Waals surface area (Å²) in [7, 11) is 4.08. The molecule has 1 aromatic carbocycles. The van der Waals surface area contributed by atoms with Crippen LogP contribution in [0, 0.1) is 3.57 Å². The zero-order valence-corrected chi connectivity index (χ0v) is 19.0. The summed E-state index contributed by atoms with van der Waals surface area (Å²) >= 11 is 2.25. The molecule has 0 fully saturated rings. The van der Waals surface area contributed by atoms with Crippen molar-refractivity contribution in [2.45, 2.75) is 13.3 Å². The zero-order valence-electron chi connectivity index (χ0n) is 16.9. The highest BCUT2D eigenvalue weighted by Gasteiger charge is 2.03. The van der Waals surface area contributed by atoms with Crippen molar-refractivity contribution >= 4 is 40.4 Å². The van der Waals surface area contributed by atoms with Gasteiger partial charge < -0.3 is 19.1 Å². The third-order valence-corrected chi connectivity index (χ3v) is 4.67. The maximum absolute atomic E-state index is 5.70. The minimum Gasteiger partial charge on any atom is -0.474 e. The Hall–Kier alpha value is -1.64. The normalized spacial score (nSPS) is 11.1. The Kier molecular flexibility index (Phi) is 10.3. The van der Waals surface area contributed by atoms with Gasteiger partial charge in [0.05, 0.1) is 23.4 Å². The van der Waals surface area contributed by atoms with Gasteiger partial charge >= 0.3 is 0 Å². The van der Waals surface area contributed by atoms with Crippen molar-refractivity contribution in [1.82, 2.24) is 4.98 Å². The van der Waals surface area contributed by atoms with Gasteiger partial charge in [-0.15, -0.1) is 0 Å². The van der Waals surface area contributed by atoms with Crippen LogP contribution < -0.4 is 9.64 Å². The number of pyridine rings is 1. The number of hydrogen-bond donors (Lipinski definition) is 0. The molecular formula is C22H29IN2O3. The summed E-state index contributed by atoms with van der Waals surface area (Å²) in [5.74, 6) is 0.638. The third kappa shape index (κ3) is 8.16. The average Bonchev–Trinajstić information content (AvgIpc) is 2.70. The zero-order chi connectivity index (χ0) is 20.2. The molecular weight excluding hydrogens is 463 g/mol. The van der Waals surface area contributed by atoms with Gasteiger partial charge in [0.15, 0.2) is 0 Å². The lowest BCUT2D eigenvalue weighted by molar-refractivity contribution is 0.0359. The number of benzene rings is 1. The molecule has 0 bridgehead atoms. The molecule has 0 spiro atoms. The number of rotatable bonds is 12. The Labute approximate surface area is 181 Å². The summed E-state index contributed by atoms with van der Waals surface area (Å²) in [5, 5.41) is 0. The van der Waals surface area contributed by atoms with Crippen LogP contribution >= 0.6 is 22.6 Å². The Morgan fingerprint density at radius 1 is 0.929 bits per heavy atom. The molecule has 2 rings (SSSR count). The Morgan fingerprint density at radius 3 is 2.21 bits per heavy atom. The first-order valence-electron chi connectivity index (χ1n) is 9.49.